The van der Waals surface area contributed by atoms with Crippen LogP contribution in [0.25, 0.3) is 32.8 Å². The van der Waals surface area contributed by atoms with E-state index >= 15 is 8.78 Å². The van der Waals surface area contributed by atoms with Crippen LogP contribution in [-0.4, -0.2) is 78.3 Å². The zero-order chi connectivity index (χ0) is 29.4. The van der Waals surface area contributed by atoms with Gasteiger partial charge in [-0.2, -0.15) is 9.97 Å². The smallest absolute Gasteiger partial charge is 0.319 e. The number of fused-ring (bicyclic) bond motifs is 5. The van der Waals surface area contributed by atoms with Crippen molar-refractivity contribution >= 4 is 27.5 Å². The molecule has 1 saturated carbocycles. The van der Waals surface area contributed by atoms with Crippen molar-refractivity contribution < 1.29 is 27.4 Å². The van der Waals surface area contributed by atoms with Crippen molar-refractivity contribution in [2.24, 2.45) is 5.41 Å². The van der Waals surface area contributed by atoms with Crippen LogP contribution in [0.2, 0.25) is 0 Å². The van der Waals surface area contributed by atoms with Crippen LogP contribution in [0, 0.1) is 17.0 Å². The molecule has 7 nitrogen and oxygen atoms in total. The summed E-state index contributed by atoms with van der Waals surface area (Å²) in [5.74, 6) is -4.47. The second kappa shape index (κ2) is 9.67. The molecule has 11 heteroatoms. The number of aromatic hydroxyl groups is 1. The third-order valence-electron chi connectivity index (χ3n) is 8.89. The Labute approximate surface area is 240 Å². The number of anilines is 1. The van der Waals surface area contributed by atoms with E-state index in [2.05, 4.69) is 15.3 Å². The maximum absolute atomic E-state index is 16.5. The van der Waals surface area contributed by atoms with Gasteiger partial charge in [-0.25, -0.2) is 17.6 Å². The highest BCUT2D eigenvalue weighted by atomic mass is 19.3. The van der Waals surface area contributed by atoms with Gasteiger partial charge in [0.25, 0.3) is 5.92 Å². The molecule has 42 heavy (non-hydrogen) atoms. The number of hydrogen-bond acceptors (Lipinski definition) is 7. The SMILES string of the molecule is CN(C)C[C@]1(COc2nc(N3CC4CCC3CN4)c3cc(F)c(-c4cc(O)cc5ccccc45)c(F)c3n2)CC1(F)F. The highest BCUT2D eigenvalue weighted by Gasteiger charge is 2.71. The van der Waals surface area contributed by atoms with Gasteiger partial charge in [0.1, 0.15) is 29.5 Å². The van der Waals surface area contributed by atoms with Gasteiger partial charge in [0.05, 0.1) is 11.0 Å². The molecule has 1 aromatic heterocycles. The lowest BCUT2D eigenvalue weighted by atomic mass is 9.92. The number of aromatic nitrogens is 2. The third-order valence-corrected chi connectivity index (χ3v) is 8.89. The standard InChI is InChI=1S/C31H31F4N5O2/c1-39(2)15-30(14-31(30,34)35)16-42-29-37-27-23(28(38-29)40-13-18-7-8-19(40)12-36-18)11-24(32)25(26(27)33)22-10-20(41)9-17-5-3-4-6-21(17)22/h3-6,9-11,18-19,36,41H,7-8,12-16H2,1-2H3/t18?,19?,30-/m0/s1. The first-order valence-corrected chi connectivity index (χ1v) is 14.1. The van der Waals surface area contributed by atoms with E-state index in [4.69, 9.17) is 4.74 Å². The van der Waals surface area contributed by atoms with Gasteiger partial charge in [-0.15, -0.1) is 0 Å². The molecule has 2 N–H and O–H groups in total. The summed E-state index contributed by atoms with van der Waals surface area (Å²) in [5.41, 5.74) is -1.73. The average molecular weight is 582 g/mol. The van der Waals surface area contributed by atoms with E-state index < -0.39 is 23.0 Å². The molecule has 0 radical (unpaired) electrons. The monoisotopic (exact) mass is 581 g/mol. The molecule has 3 saturated heterocycles. The zero-order valence-corrected chi connectivity index (χ0v) is 23.3. The molecule has 220 valence electrons. The summed E-state index contributed by atoms with van der Waals surface area (Å²) in [4.78, 5) is 12.6. The fourth-order valence-electron chi connectivity index (χ4n) is 6.72. The van der Waals surface area contributed by atoms with Crippen LogP contribution in [0.3, 0.4) is 0 Å². The second-order valence-electron chi connectivity index (χ2n) is 12.2. The summed E-state index contributed by atoms with van der Waals surface area (Å²) < 4.78 is 67.3. The first-order chi connectivity index (χ1) is 20.0. The van der Waals surface area contributed by atoms with E-state index in [1.54, 1.807) is 43.3 Å². The van der Waals surface area contributed by atoms with Crippen LogP contribution in [0.1, 0.15) is 19.3 Å². The van der Waals surface area contributed by atoms with Crippen molar-refractivity contribution in [3.63, 3.8) is 0 Å². The number of halogens is 4. The number of rotatable bonds is 7. The minimum Gasteiger partial charge on any atom is -0.508 e. The molecule has 0 amide bonds. The van der Waals surface area contributed by atoms with E-state index in [-0.39, 0.29) is 65.4 Å². The number of phenols is 1. The Hall–Kier alpha value is -3.70. The molecule has 2 bridgehead atoms. The number of piperidine rings is 2. The van der Waals surface area contributed by atoms with Gasteiger partial charge in [-0.3, -0.25) is 0 Å². The fraction of sp³-hybridized carbons (Fsp3) is 0.419. The molecule has 4 aliphatic rings. The van der Waals surface area contributed by atoms with Gasteiger partial charge in [0.2, 0.25) is 0 Å². The number of alkyl halides is 2. The molecule has 4 fully saturated rings. The van der Waals surface area contributed by atoms with Crippen LogP contribution in [0.4, 0.5) is 23.4 Å². The summed E-state index contributed by atoms with van der Waals surface area (Å²) >= 11 is 0. The Bertz CT molecular complexity index is 1710. The molecule has 0 spiro atoms. The first-order valence-electron chi connectivity index (χ1n) is 14.1. The molecule has 4 heterocycles. The number of nitrogens with one attached hydrogen (secondary N) is 1. The lowest BCUT2D eigenvalue weighted by Gasteiger charge is -2.46. The Morgan fingerprint density at radius 3 is 2.55 bits per heavy atom. The van der Waals surface area contributed by atoms with Crippen molar-refractivity contribution in [3.05, 3.63) is 54.1 Å². The fourth-order valence-corrected chi connectivity index (χ4v) is 6.72. The predicted molar refractivity (Wildman–Crippen MR) is 152 cm³/mol. The van der Waals surface area contributed by atoms with Gasteiger partial charge in [0.15, 0.2) is 5.82 Å². The minimum absolute atomic E-state index is 0.0506. The summed E-state index contributed by atoms with van der Waals surface area (Å²) in [5, 5.41) is 15.2. The van der Waals surface area contributed by atoms with Crippen LogP contribution in [0.5, 0.6) is 11.8 Å². The number of hydrogen-bond donors (Lipinski definition) is 2. The summed E-state index contributed by atoms with van der Waals surface area (Å²) in [6.45, 7) is 1.05. The predicted octanol–water partition coefficient (Wildman–Crippen LogP) is 5.34. The van der Waals surface area contributed by atoms with Gasteiger partial charge >= 0.3 is 6.01 Å². The zero-order valence-electron chi connectivity index (χ0n) is 23.3. The van der Waals surface area contributed by atoms with Gasteiger partial charge in [-0.1, -0.05) is 24.3 Å². The number of piperazine rings is 1. The molecule has 1 aliphatic carbocycles. The highest BCUT2D eigenvalue weighted by molar-refractivity contribution is 6.01. The maximum Gasteiger partial charge on any atom is 0.319 e. The number of phenolic OH excluding ortho intramolecular Hbond substituents is 1. The van der Waals surface area contributed by atoms with Crippen LogP contribution in [-0.2, 0) is 0 Å². The van der Waals surface area contributed by atoms with Crippen LogP contribution in [0.15, 0.2) is 42.5 Å². The van der Waals surface area contributed by atoms with Gasteiger partial charge < -0.3 is 25.0 Å². The summed E-state index contributed by atoms with van der Waals surface area (Å²) in [6, 6.07) is 11.1. The molecule has 2 unspecified atom stereocenters. The molecule has 3 aromatic carbocycles. The third kappa shape index (κ3) is 4.41. The van der Waals surface area contributed by atoms with Crippen molar-refractivity contribution in [2.75, 3.05) is 45.2 Å². The van der Waals surface area contributed by atoms with E-state index in [0.717, 1.165) is 12.8 Å². The summed E-state index contributed by atoms with van der Waals surface area (Å²) in [7, 11) is 3.44. The second-order valence-corrected chi connectivity index (χ2v) is 12.2. The average Bonchev–Trinajstić information content (AvgIpc) is 3.50. The molecule has 4 aromatic rings. The lowest BCUT2D eigenvalue weighted by Crippen LogP contribution is -2.61. The van der Waals surface area contributed by atoms with Crippen molar-refractivity contribution in [2.45, 2.75) is 37.3 Å². The van der Waals surface area contributed by atoms with Gasteiger partial charge in [0, 0.05) is 43.5 Å². The van der Waals surface area contributed by atoms with Crippen LogP contribution < -0.4 is 15.0 Å². The Morgan fingerprint density at radius 1 is 1.10 bits per heavy atom. The highest BCUT2D eigenvalue weighted by Crippen LogP contribution is 2.60. The van der Waals surface area contributed by atoms with Gasteiger partial charge in [-0.05, 0) is 61.5 Å². The molecular formula is C31H31F4N5O2. The topological polar surface area (TPSA) is 73.8 Å². The van der Waals surface area contributed by atoms with Crippen molar-refractivity contribution in [3.8, 4) is 22.9 Å². The lowest BCUT2D eigenvalue weighted by molar-refractivity contribution is 0.0288. The van der Waals surface area contributed by atoms with E-state index in [1.165, 1.54) is 18.2 Å². The van der Waals surface area contributed by atoms with E-state index in [9.17, 15) is 13.9 Å². The number of benzene rings is 3. The maximum atomic E-state index is 16.5. The number of nitrogens with zero attached hydrogens (tertiary/aromatic N) is 4. The van der Waals surface area contributed by atoms with E-state index in [0.29, 0.717) is 29.7 Å². The minimum atomic E-state index is -2.90. The normalized spacial score (nSPS) is 24.6. The first kappa shape index (κ1) is 27.2. The largest absolute Gasteiger partial charge is 0.508 e. The Morgan fingerprint density at radius 2 is 1.88 bits per heavy atom. The number of ether oxygens (including phenoxy) is 1. The molecule has 3 aliphatic heterocycles. The summed E-state index contributed by atoms with van der Waals surface area (Å²) in [6.07, 6.45) is 1.54. The quantitative estimate of drug-likeness (QED) is 0.286. The molecule has 8 rings (SSSR count). The van der Waals surface area contributed by atoms with Crippen molar-refractivity contribution in [1.29, 1.82) is 0 Å². The van der Waals surface area contributed by atoms with E-state index in [1.807, 2.05) is 4.90 Å². The molecular weight excluding hydrogens is 550 g/mol. The van der Waals surface area contributed by atoms with Crippen LogP contribution >= 0.6 is 0 Å². The Kier molecular flexibility index (Phi) is 6.25. The van der Waals surface area contributed by atoms with Crippen molar-refractivity contribution in [1.82, 2.24) is 20.2 Å². The molecule has 3 atom stereocenters. The Balaban J connectivity index is 1.38.